The van der Waals surface area contributed by atoms with Gasteiger partial charge in [0, 0.05) is 12.7 Å². The van der Waals surface area contributed by atoms with E-state index in [1.807, 2.05) is 42.5 Å². The molecular formula is C17H17N5O2. The van der Waals surface area contributed by atoms with Gasteiger partial charge in [0.1, 0.15) is 17.3 Å². The third-order valence-electron chi connectivity index (χ3n) is 3.38. The Kier molecular flexibility index (Phi) is 4.81. The van der Waals surface area contributed by atoms with Crippen LogP contribution in [0.2, 0.25) is 0 Å². The van der Waals surface area contributed by atoms with Crippen LogP contribution in [-0.2, 0) is 17.8 Å². The summed E-state index contributed by atoms with van der Waals surface area (Å²) in [4.78, 5) is 20.5. The molecule has 0 fully saturated rings. The van der Waals surface area contributed by atoms with Gasteiger partial charge in [-0.3, -0.25) is 14.9 Å². The Labute approximate surface area is 139 Å². The van der Waals surface area contributed by atoms with E-state index in [1.165, 1.54) is 0 Å². The monoisotopic (exact) mass is 323 g/mol. The summed E-state index contributed by atoms with van der Waals surface area (Å²) in [5, 5.41) is 9.70. The molecule has 2 N–H and O–H groups in total. The lowest BCUT2D eigenvalue weighted by Gasteiger charge is -2.06. The molecule has 0 aliphatic carbocycles. The predicted octanol–water partition coefficient (Wildman–Crippen LogP) is 1.73. The number of nitrogens with zero attached hydrogens (tertiary/aromatic N) is 3. The van der Waals surface area contributed by atoms with E-state index in [4.69, 9.17) is 4.74 Å². The molecule has 3 rings (SSSR count). The fraction of sp³-hybridized carbons (Fsp3) is 0.176. The molecule has 0 saturated carbocycles. The number of methoxy groups -OCH3 is 1. The topological polar surface area (TPSA) is 92.8 Å². The van der Waals surface area contributed by atoms with E-state index >= 15 is 0 Å². The normalized spacial score (nSPS) is 10.4. The Balaban J connectivity index is 1.56. The lowest BCUT2D eigenvalue weighted by molar-refractivity contribution is -0.120. The second-order valence-corrected chi connectivity index (χ2v) is 5.13. The SMILES string of the molecule is COc1cccc(CNC(=O)Cc2nc(-c3ccccn3)n[nH]2)c1. The highest BCUT2D eigenvalue weighted by molar-refractivity contribution is 5.77. The quantitative estimate of drug-likeness (QED) is 0.721. The molecule has 0 aliphatic heterocycles. The van der Waals surface area contributed by atoms with Crippen LogP contribution in [0.4, 0.5) is 0 Å². The number of rotatable bonds is 6. The third kappa shape index (κ3) is 3.95. The van der Waals surface area contributed by atoms with Crippen LogP contribution in [0.25, 0.3) is 11.5 Å². The van der Waals surface area contributed by atoms with Crippen LogP contribution >= 0.6 is 0 Å². The molecule has 0 saturated heterocycles. The van der Waals surface area contributed by atoms with E-state index in [9.17, 15) is 4.79 Å². The minimum Gasteiger partial charge on any atom is -0.497 e. The van der Waals surface area contributed by atoms with E-state index in [2.05, 4.69) is 25.5 Å². The lowest BCUT2D eigenvalue weighted by atomic mass is 10.2. The maximum atomic E-state index is 12.0. The number of pyridine rings is 1. The largest absolute Gasteiger partial charge is 0.497 e. The van der Waals surface area contributed by atoms with E-state index < -0.39 is 0 Å². The van der Waals surface area contributed by atoms with Gasteiger partial charge in [0.15, 0.2) is 5.82 Å². The predicted molar refractivity (Wildman–Crippen MR) is 88.2 cm³/mol. The summed E-state index contributed by atoms with van der Waals surface area (Å²) in [6.45, 7) is 0.428. The Morgan fingerprint density at radius 1 is 1.25 bits per heavy atom. The van der Waals surface area contributed by atoms with Crippen LogP contribution in [0.1, 0.15) is 11.4 Å². The zero-order valence-electron chi connectivity index (χ0n) is 13.2. The maximum absolute atomic E-state index is 12.0. The number of hydrogen-bond acceptors (Lipinski definition) is 5. The van der Waals surface area contributed by atoms with Crippen LogP contribution in [-0.4, -0.2) is 33.2 Å². The summed E-state index contributed by atoms with van der Waals surface area (Å²) < 4.78 is 5.16. The van der Waals surface area contributed by atoms with Crippen LogP contribution in [0.5, 0.6) is 5.75 Å². The van der Waals surface area contributed by atoms with Gasteiger partial charge in [-0.15, -0.1) is 0 Å². The van der Waals surface area contributed by atoms with Crippen molar-refractivity contribution in [1.82, 2.24) is 25.5 Å². The van der Waals surface area contributed by atoms with Gasteiger partial charge in [-0.25, -0.2) is 4.98 Å². The number of ether oxygens (including phenoxy) is 1. The minimum atomic E-state index is -0.137. The van der Waals surface area contributed by atoms with Crippen molar-refractivity contribution < 1.29 is 9.53 Å². The van der Waals surface area contributed by atoms with E-state index in [-0.39, 0.29) is 12.3 Å². The molecule has 24 heavy (non-hydrogen) atoms. The molecule has 0 atom stereocenters. The summed E-state index contributed by atoms with van der Waals surface area (Å²) in [5.41, 5.74) is 1.63. The van der Waals surface area contributed by atoms with Crippen LogP contribution < -0.4 is 10.1 Å². The first kappa shape index (κ1) is 15.7. The molecule has 7 heteroatoms. The Bertz CT molecular complexity index is 817. The van der Waals surface area contributed by atoms with Crippen molar-refractivity contribution in [3.63, 3.8) is 0 Å². The zero-order chi connectivity index (χ0) is 16.8. The molecule has 122 valence electrons. The summed E-state index contributed by atoms with van der Waals surface area (Å²) in [6, 6.07) is 13.1. The van der Waals surface area contributed by atoms with E-state index in [1.54, 1.807) is 13.3 Å². The Morgan fingerprint density at radius 2 is 2.17 bits per heavy atom. The van der Waals surface area contributed by atoms with Gasteiger partial charge in [-0.05, 0) is 29.8 Å². The molecule has 1 amide bonds. The first-order chi connectivity index (χ1) is 11.7. The third-order valence-corrected chi connectivity index (χ3v) is 3.38. The van der Waals surface area contributed by atoms with Gasteiger partial charge in [-0.2, -0.15) is 5.10 Å². The van der Waals surface area contributed by atoms with Crippen molar-refractivity contribution in [1.29, 1.82) is 0 Å². The zero-order valence-corrected chi connectivity index (χ0v) is 13.2. The van der Waals surface area contributed by atoms with Crippen molar-refractivity contribution in [2.75, 3.05) is 7.11 Å². The smallest absolute Gasteiger partial charge is 0.227 e. The average Bonchev–Trinajstić information content (AvgIpc) is 3.09. The van der Waals surface area contributed by atoms with Crippen LogP contribution in [0, 0.1) is 0 Å². The number of carbonyl (C=O) groups excluding carboxylic acids is 1. The van der Waals surface area contributed by atoms with E-state index in [0.29, 0.717) is 23.9 Å². The highest BCUT2D eigenvalue weighted by Gasteiger charge is 2.10. The van der Waals surface area contributed by atoms with Gasteiger partial charge in [0.05, 0.1) is 13.5 Å². The van der Waals surface area contributed by atoms with Gasteiger partial charge in [0.2, 0.25) is 5.91 Å². The number of aromatic nitrogens is 4. The molecule has 2 heterocycles. The molecule has 0 spiro atoms. The molecule has 0 radical (unpaired) electrons. The molecule has 1 aromatic carbocycles. The Hall–Kier alpha value is -3.22. The molecule has 7 nitrogen and oxygen atoms in total. The van der Waals surface area contributed by atoms with Crippen molar-refractivity contribution >= 4 is 5.91 Å². The summed E-state index contributed by atoms with van der Waals surface area (Å²) in [6.07, 6.45) is 1.80. The fourth-order valence-electron chi connectivity index (χ4n) is 2.18. The van der Waals surface area contributed by atoms with Gasteiger partial charge < -0.3 is 10.1 Å². The van der Waals surface area contributed by atoms with Crippen LogP contribution in [0.3, 0.4) is 0 Å². The average molecular weight is 323 g/mol. The lowest BCUT2D eigenvalue weighted by Crippen LogP contribution is -2.25. The van der Waals surface area contributed by atoms with Crippen molar-refractivity contribution in [3.8, 4) is 17.3 Å². The number of nitrogens with one attached hydrogen (secondary N) is 2. The van der Waals surface area contributed by atoms with Crippen molar-refractivity contribution in [3.05, 3.63) is 60.0 Å². The molecule has 0 aliphatic rings. The molecular weight excluding hydrogens is 306 g/mol. The molecule has 2 aromatic heterocycles. The van der Waals surface area contributed by atoms with Crippen molar-refractivity contribution in [2.24, 2.45) is 0 Å². The minimum absolute atomic E-state index is 0.129. The van der Waals surface area contributed by atoms with Crippen LogP contribution in [0.15, 0.2) is 48.7 Å². The summed E-state index contributed by atoms with van der Waals surface area (Å²) in [7, 11) is 1.61. The summed E-state index contributed by atoms with van der Waals surface area (Å²) >= 11 is 0. The van der Waals surface area contributed by atoms with Gasteiger partial charge >= 0.3 is 0 Å². The highest BCUT2D eigenvalue weighted by Crippen LogP contribution is 2.12. The van der Waals surface area contributed by atoms with Gasteiger partial charge in [0.25, 0.3) is 0 Å². The number of H-pyrrole nitrogens is 1. The Morgan fingerprint density at radius 3 is 2.96 bits per heavy atom. The molecule has 0 unspecified atom stereocenters. The number of amides is 1. The first-order valence-corrected chi connectivity index (χ1v) is 7.47. The molecule has 0 bridgehead atoms. The fourth-order valence-corrected chi connectivity index (χ4v) is 2.18. The maximum Gasteiger partial charge on any atom is 0.227 e. The highest BCUT2D eigenvalue weighted by atomic mass is 16.5. The number of aromatic amines is 1. The standard InChI is InChI=1S/C17H17N5O2/c1-24-13-6-4-5-12(9-13)11-19-16(23)10-15-20-17(22-21-15)14-7-2-3-8-18-14/h2-9H,10-11H2,1H3,(H,19,23)(H,20,21,22). The first-order valence-electron chi connectivity index (χ1n) is 7.47. The summed E-state index contributed by atoms with van der Waals surface area (Å²) in [5.74, 6) is 1.60. The number of hydrogen-bond donors (Lipinski definition) is 2. The van der Waals surface area contributed by atoms with Gasteiger partial charge in [-0.1, -0.05) is 18.2 Å². The second kappa shape index (κ2) is 7.36. The van der Waals surface area contributed by atoms with E-state index in [0.717, 1.165) is 11.3 Å². The molecule has 3 aromatic rings. The number of benzene rings is 1. The van der Waals surface area contributed by atoms with Crippen molar-refractivity contribution in [2.45, 2.75) is 13.0 Å². The second-order valence-electron chi connectivity index (χ2n) is 5.13. The number of carbonyl (C=O) groups is 1.